The number of amidine groups is 2. The molecule has 56 heavy (non-hydrogen) atoms. The highest BCUT2D eigenvalue weighted by Gasteiger charge is 2.28. The summed E-state index contributed by atoms with van der Waals surface area (Å²) in [5.41, 5.74) is 10.6. The first-order valence-electron chi connectivity index (χ1n) is 19.3. The summed E-state index contributed by atoms with van der Waals surface area (Å²) in [6, 6.07) is 56.1. The Kier molecular flexibility index (Phi) is 6.75. The molecule has 0 saturated carbocycles. The molecular formula is C51H34N4O. The van der Waals surface area contributed by atoms with Crippen molar-refractivity contribution < 1.29 is 4.42 Å². The third kappa shape index (κ3) is 4.67. The predicted molar refractivity (Wildman–Crippen MR) is 232 cm³/mol. The van der Waals surface area contributed by atoms with Gasteiger partial charge in [0.15, 0.2) is 5.84 Å². The van der Waals surface area contributed by atoms with E-state index in [9.17, 15) is 0 Å². The topological polar surface area (TPSA) is 54.8 Å². The smallest absolute Gasteiger partial charge is 0.159 e. The molecule has 3 heterocycles. The fourth-order valence-electron chi connectivity index (χ4n) is 9.16. The molecule has 5 heteroatoms. The molecule has 0 saturated heterocycles. The average Bonchev–Trinajstić information content (AvgIpc) is 3.83. The highest BCUT2D eigenvalue weighted by atomic mass is 16.3. The molecule has 1 unspecified atom stereocenters. The van der Waals surface area contributed by atoms with Crippen molar-refractivity contribution in [1.29, 1.82) is 0 Å². The molecule has 10 aromatic rings. The van der Waals surface area contributed by atoms with Gasteiger partial charge in [-0.05, 0) is 69.8 Å². The van der Waals surface area contributed by atoms with Crippen LogP contribution in [0.15, 0.2) is 178 Å². The molecule has 8 aromatic carbocycles. The maximum Gasteiger partial charge on any atom is 0.159 e. The summed E-state index contributed by atoms with van der Waals surface area (Å²) in [7, 11) is 0. The van der Waals surface area contributed by atoms with Gasteiger partial charge in [0.05, 0.1) is 16.7 Å². The van der Waals surface area contributed by atoms with Crippen LogP contribution in [0.4, 0.5) is 0 Å². The monoisotopic (exact) mass is 718 g/mol. The summed E-state index contributed by atoms with van der Waals surface area (Å²) < 4.78 is 9.35. The van der Waals surface area contributed by atoms with Crippen molar-refractivity contribution in [3.63, 3.8) is 0 Å². The van der Waals surface area contributed by atoms with Crippen molar-refractivity contribution in [1.82, 2.24) is 9.88 Å². The molecule has 2 aromatic heterocycles. The van der Waals surface area contributed by atoms with Gasteiger partial charge in [-0.1, -0.05) is 140 Å². The molecule has 0 fully saturated rings. The van der Waals surface area contributed by atoms with E-state index in [0.29, 0.717) is 5.84 Å². The number of rotatable bonds is 4. The molecule has 1 aliphatic carbocycles. The first-order valence-corrected chi connectivity index (χ1v) is 19.3. The van der Waals surface area contributed by atoms with Crippen LogP contribution in [0.1, 0.15) is 40.4 Å². The number of fused-ring (bicyclic) bond motifs is 12. The lowest BCUT2D eigenvalue weighted by molar-refractivity contribution is 0.661. The largest absolute Gasteiger partial charge is 0.456 e. The Morgan fingerprint density at radius 2 is 1.25 bits per heavy atom. The summed E-state index contributed by atoms with van der Waals surface area (Å²) in [5.74, 6) is 1.48. The van der Waals surface area contributed by atoms with Crippen LogP contribution in [0, 0.1) is 0 Å². The van der Waals surface area contributed by atoms with Crippen molar-refractivity contribution in [2.75, 3.05) is 0 Å². The van der Waals surface area contributed by atoms with Crippen molar-refractivity contribution in [2.24, 2.45) is 9.98 Å². The van der Waals surface area contributed by atoms with Gasteiger partial charge in [0, 0.05) is 44.3 Å². The standard InChI is InChI=1S/C51H34N4O/c1-3-16-34(17-4-1)49-52-50(35-18-5-2-6-19-35)54-51(53-49)40-29-36(30-44-48(40)47-39-22-12-9-15-33(39)25-28-43(47)56-44)55-41-26-23-31-13-7-10-20-37(31)45(41)46-38-21-11-8-14-32(38)24-27-42(46)55/h1-8,10-14,16-30,51H,9,15H2,(H,52,53,54). The molecule has 0 radical (unpaired) electrons. The van der Waals surface area contributed by atoms with Crippen LogP contribution >= 0.6 is 0 Å². The summed E-state index contributed by atoms with van der Waals surface area (Å²) in [4.78, 5) is 10.6. The van der Waals surface area contributed by atoms with Gasteiger partial charge < -0.3 is 14.3 Å². The van der Waals surface area contributed by atoms with Crippen molar-refractivity contribution in [3.8, 4) is 5.69 Å². The van der Waals surface area contributed by atoms with Gasteiger partial charge in [-0.15, -0.1) is 0 Å². The van der Waals surface area contributed by atoms with E-state index in [1.54, 1.807) is 0 Å². The van der Waals surface area contributed by atoms with Crippen LogP contribution in [-0.2, 0) is 6.42 Å². The Balaban J connectivity index is 1.20. The Morgan fingerprint density at radius 1 is 0.589 bits per heavy atom. The number of allylic oxidation sites excluding steroid dienone is 1. The van der Waals surface area contributed by atoms with Gasteiger partial charge in [0.2, 0.25) is 0 Å². The SMILES string of the molecule is C1=Cc2c(ccc3oc4cc(-n5c6ccc7ccccc7c6c6c7ccccc7ccc65)cc(C5N=C(c6ccccc6)N=C(c6ccccc6)N5)c4c23)CC1. The van der Waals surface area contributed by atoms with Crippen LogP contribution in [0.5, 0.6) is 0 Å². The van der Waals surface area contributed by atoms with Crippen LogP contribution in [-0.4, -0.2) is 16.2 Å². The van der Waals surface area contributed by atoms with E-state index < -0.39 is 6.17 Å². The maximum atomic E-state index is 6.92. The van der Waals surface area contributed by atoms with E-state index in [0.717, 1.165) is 74.0 Å². The maximum absolute atomic E-state index is 6.92. The molecule has 0 amide bonds. The van der Waals surface area contributed by atoms with Gasteiger partial charge in [-0.2, -0.15) is 0 Å². The molecule has 5 nitrogen and oxygen atoms in total. The lowest BCUT2D eigenvalue weighted by Crippen LogP contribution is -2.33. The van der Waals surface area contributed by atoms with E-state index in [1.165, 1.54) is 43.4 Å². The zero-order chi connectivity index (χ0) is 36.7. The molecule has 2 aliphatic rings. The van der Waals surface area contributed by atoms with Gasteiger partial charge >= 0.3 is 0 Å². The normalized spacial score (nSPS) is 15.5. The number of aliphatic imine (C=N–C) groups is 2. The Labute approximate surface area is 322 Å². The van der Waals surface area contributed by atoms with Gasteiger partial charge in [-0.3, -0.25) is 0 Å². The molecule has 0 bridgehead atoms. The van der Waals surface area contributed by atoms with Crippen molar-refractivity contribution in [3.05, 3.63) is 192 Å². The van der Waals surface area contributed by atoms with Gasteiger partial charge in [-0.25, -0.2) is 9.98 Å². The van der Waals surface area contributed by atoms with E-state index in [-0.39, 0.29) is 0 Å². The molecule has 0 spiro atoms. The van der Waals surface area contributed by atoms with E-state index in [2.05, 4.69) is 155 Å². The number of nitrogens with one attached hydrogen (secondary N) is 1. The number of aromatic nitrogens is 1. The third-order valence-corrected chi connectivity index (χ3v) is 11.7. The summed E-state index contributed by atoms with van der Waals surface area (Å²) in [5, 5.41) is 13.4. The highest BCUT2D eigenvalue weighted by molar-refractivity contribution is 6.28. The molecule has 12 rings (SSSR count). The third-order valence-electron chi connectivity index (χ3n) is 11.7. The van der Waals surface area contributed by atoms with Gasteiger partial charge in [0.1, 0.15) is 23.2 Å². The van der Waals surface area contributed by atoms with Crippen molar-refractivity contribution >= 4 is 83.0 Å². The van der Waals surface area contributed by atoms with E-state index in [1.807, 2.05) is 24.3 Å². The minimum Gasteiger partial charge on any atom is -0.456 e. The molecule has 1 N–H and O–H groups in total. The summed E-state index contributed by atoms with van der Waals surface area (Å²) in [6.45, 7) is 0. The number of furan rings is 1. The van der Waals surface area contributed by atoms with E-state index in [4.69, 9.17) is 14.4 Å². The number of hydrogen-bond donors (Lipinski definition) is 1. The minimum absolute atomic E-state index is 0.459. The fourth-order valence-corrected chi connectivity index (χ4v) is 9.16. The second-order valence-corrected chi connectivity index (χ2v) is 14.9. The first-order chi connectivity index (χ1) is 27.8. The Hall–Kier alpha value is -7.24. The lowest BCUT2D eigenvalue weighted by Gasteiger charge is -2.25. The molecule has 1 aliphatic heterocycles. The molecular weight excluding hydrogens is 685 g/mol. The number of hydrogen-bond acceptors (Lipinski definition) is 4. The second kappa shape index (κ2) is 12.1. The predicted octanol–water partition coefficient (Wildman–Crippen LogP) is 12.4. The Bertz CT molecular complexity index is 3240. The zero-order valence-corrected chi connectivity index (χ0v) is 30.4. The van der Waals surface area contributed by atoms with Crippen molar-refractivity contribution in [2.45, 2.75) is 19.0 Å². The van der Waals surface area contributed by atoms with Gasteiger partial charge in [0.25, 0.3) is 0 Å². The fraction of sp³-hybridized carbons (Fsp3) is 0.0588. The number of nitrogens with zero attached hydrogens (tertiary/aromatic N) is 3. The Morgan fingerprint density at radius 3 is 1.96 bits per heavy atom. The van der Waals surface area contributed by atoms with Crippen LogP contribution in [0.2, 0.25) is 0 Å². The lowest BCUT2D eigenvalue weighted by atomic mass is 9.91. The quantitative estimate of drug-likeness (QED) is 0.197. The number of benzene rings is 8. The van der Waals surface area contributed by atoms with Crippen LogP contribution in [0.3, 0.4) is 0 Å². The second-order valence-electron chi connectivity index (χ2n) is 14.9. The number of aryl methyl sites for hydroxylation is 1. The minimum atomic E-state index is -0.459. The summed E-state index contributed by atoms with van der Waals surface area (Å²) in [6.07, 6.45) is 6.15. The van der Waals surface area contributed by atoms with Crippen LogP contribution < -0.4 is 5.32 Å². The van der Waals surface area contributed by atoms with E-state index >= 15 is 0 Å². The molecule has 264 valence electrons. The summed E-state index contributed by atoms with van der Waals surface area (Å²) >= 11 is 0. The molecule has 1 atom stereocenters. The highest BCUT2D eigenvalue weighted by Crippen LogP contribution is 2.45. The average molecular weight is 719 g/mol. The van der Waals surface area contributed by atoms with Crippen LogP contribution in [0.25, 0.3) is 77.1 Å². The zero-order valence-electron chi connectivity index (χ0n) is 30.4. The first kappa shape index (κ1) is 31.1.